The Morgan fingerprint density at radius 2 is 1.47 bits per heavy atom. The van der Waals surface area contributed by atoms with Crippen LogP contribution in [0.25, 0.3) is 25.3 Å². The molecule has 0 unspecified atom stereocenters. The molecule has 3 rings (SSSR count). The minimum atomic E-state index is 0.758. The Labute approximate surface area is 180 Å². The summed E-state index contributed by atoms with van der Waals surface area (Å²) in [5.74, 6) is 0.758. The number of hydrogen-bond acceptors (Lipinski definition) is 3. The van der Waals surface area contributed by atoms with E-state index < -0.39 is 0 Å². The van der Waals surface area contributed by atoms with Crippen LogP contribution in [0.3, 0.4) is 0 Å². The molecule has 0 spiro atoms. The van der Waals surface area contributed by atoms with Crippen LogP contribution in [0.2, 0.25) is 0 Å². The maximum absolute atomic E-state index is 5.80. The van der Waals surface area contributed by atoms with E-state index in [9.17, 15) is 0 Å². The summed E-state index contributed by atoms with van der Waals surface area (Å²) in [4.78, 5) is 5.80. The lowest BCUT2D eigenvalue weighted by Gasteiger charge is -2.22. The smallest absolute Gasteiger partial charge is 0.125 e. The number of allylic oxidation sites excluding steroid dienone is 4. The number of hydroxylamine groups is 2. The standard InChI is InChI=1S/C26H35N3O/c1-19(11-7-8-12-22(4)30-29-20(2)15-16-21(29)3)27-17-18-28-23(5)25-13-9-10-14-26(25)24(28)6/h13-14,27H,1-12,15-18H2. The molecule has 0 amide bonds. The van der Waals surface area contributed by atoms with Gasteiger partial charge in [0, 0.05) is 46.3 Å². The van der Waals surface area contributed by atoms with Crippen LogP contribution in [-0.4, -0.2) is 16.2 Å². The lowest BCUT2D eigenvalue weighted by atomic mass is 10.1. The zero-order chi connectivity index (χ0) is 21.7. The summed E-state index contributed by atoms with van der Waals surface area (Å²) in [6.45, 7) is 26.4. The van der Waals surface area contributed by atoms with Crippen molar-refractivity contribution in [2.75, 3.05) is 6.54 Å². The molecule has 1 aromatic rings. The van der Waals surface area contributed by atoms with Crippen molar-refractivity contribution in [1.29, 1.82) is 0 Å². The molecule has 1 N–H and O–H groups in total. The minimum absolute atomic E-state index is 0.758. The summed E-state index contributed by atoms with van der Waals surface area (Å²) >= 11 is 0. The Morgan fingerprint density at radius 1 is 0.900 bits per heavy atom. The molecular formula is C26H35N3O. The van der Waals surface area contributed by atoms with Crippen LogP contribution in [0, 0.1) is 0 Å². The average Bonchev–Trinajstić information content (AvgIpc) is 3.17. The van der Waals surface area contributed by atoms with Crippen LogP contribution in [0.4, 0.5) is 0 Å². The third kappa shape index (κ3) is 4.99. The second-order valence-corrected chi connectivity index (χ2v) is 8.15. The number of nitrogens with one attached hydrogen (secondary N) is 1. The SMILES string of the molecule is C=C(CCCCC(=C)ON1C(=C)CCC1=C)NCCn1c(=C)c2c(c1=C)=CCCC=2. The largest absolute Gasteiger partial charge is 0.387 e. The van der Waals surface area contributed by atoms with Crippen LogP contribution in [0.15, 0.2) is 49.2 Å². The van der Waals surface area contributed by atoms with E-state index in [2.05, 4.69) is 61.5 Å². The Morgan fingerprint density at radius 3 is 2.07 bits per heavy atom. The van der Waals surface area contributed by atoms with E-state index in [0.29, 0.717) is 0 Å². The second-order valence-electron chi connectivity index (χ2n) is 8.15. The first-order chi connectivity index (χ1) is 14.4. The molecule has 2 heterocycles. The van der Waals surface area contributed by atoms with Crippen LogP contribution in [0.1, 0.15) is 51.4 Å². The van der Waals surface area contributed by atoms with Crippen molar-refractivity contribution in [3.63, 3.8) is 0 Å². The van der Waals surface area contributed by atoms with E-state index in [-0.39, 0.29) is 0 Å². The van der Waals surface area contributed by atoms with Crippen LogP contribution < -0.4 is 26.5 Å². The first-order valence-electron chi connectivity index (χ1n) is 10.9. The Kier molecular flexibility index (Phi) is 7.09. The van der Waals surface area contributed by atoms with Crippen molar-refractivity contribution in [3.05, 3.63) is 70.3 Å². The van der Waals surface area contributed by atoms with Crippen molar-refractivity contribution in [2.45, 2.75) is 57.9 Å². The van der Waals surface area contributed by atoms with Gasteiger partial charge in [-0.1, -0.05) is 51.6 Å². The highest BCUT2D eigenvalue weighted by molar-refractivity contribution is 5.39. The summed E-state index contributed by atoms with van der Waals surface area (Å²) in [6, 6.07) is 0. The molecule has 0 saturated carbocycles. The zero-order valence-electron chi connectivity index (χ0n) is 18.3. The van der Waals surface area contributed by atoms with Crippen molar-refractivity contribution < 1.29 is 4.84 Å². The third-order valence-corrected chi connectivity index (χ3v) is 5.82. The maximum atomic E-state index is 5.80. The van der Waals surface area contributed by atoms with E-state index in [0.717, 1.165) is 98.0 Å². The number of aromatic nitrogens is 1. The van der Waals surface area contributed by atoms with E-state index in [1.807, 2.05) is 0 Å². The summed E-state index contributed by atoms with van der Waals surface area (Å²) in [6.07, 6.45) is 12.4. The molecule has 0 atom stereocenters. The van der Waals surface area contributed by atoms with Gasteiger partial charge in [0.2, 0.25) is 0 Å². The van der Waals surface area contributed by atoms with Gasteiger partial charge in [-0.25, -0.2) is 0 Å². The van der Waals surface area contributed by atoms with Gasteiger partial charge in [0.15, 0.2) is 0 Å². The highest BCUT2D eigenvalue weighted by atomic mass is 16.7. The topological polar surface area (TPSA) is 29.4 Å². The fraction of sp³-hybridized carbons (Fsp3) is 0.385. The van der Waals surface area contributed by atoms with Crippen molar-refractivity contribution >= 4 is 25.3 Å². The number of fused-ring (bicyclic) bond motifs is 1. The Hall–Kier alpha value is -2.88. The van der Waals surface area contributed by atoms with Crippen molar-refractivity contribution in [1.82, 2.24) is 14.9 Å². The molecule has 4 heteroatoms. The molecule has 4 nitrogen and oxygen atoms in total. The molecule has 1 fully saturated rings. The van der Waals surface area contributed by atoms with Gasteiger partial charge >= 0.3 is 0 Å². The molecular weight excluding hydrogens is 370 g/mol. The fourth-order valence-electron chi connectivity index (χ4n) is 4.06. The van der Waals surface area contributed by atoms with Gasteiger partial charge in [0.05, 0.1) is 11.4 Å². The lowest BCUT2D eigenvalue weighted by Crippen LogP contribution is -2.37. The Balaban J connectivity index is 1.35. The second kappa shape index (κ2) is 9.75. The van der Waals surface area contributed by atoms with Crippen molar-refractivity contribution in [2.24, 2.45) is 0 Å². The van der Waals surface area contributed by atoms with Gasteiger partial charge in [0.1, 0.15) is 5.76 Å². The molecule has 30 heavy (non-hydrogen) atoms. The Bertz CT molecular complexity index is 1010. The molecule has 2 aliphatic rings. The highest BCUT2D eigenvalue weighted by Crippen LogP contribution is 2.30. The molecule has 0 aromatic carbocycles. The first kappa shape index (κ1) is 21.8. The van der Waals surface area contributed by atoms with E-state index in [1.165, 1.54) is 10.4 Å². The number of nitrogens with zero attached hydrogens (tertiary/aromatic N) is 2. The fourth-order valence-corrected chi connectivity index (χ4v) is 4.06. The summed E-state index contributed by atoms with van der Waals surface area (Å²) in [5, 5.41) is 9.83. The molecule has 1 aliphatic heterocycles. The van der Waals surface area contributed by atoms with Crippen LogP contribution in [-0.2, 0) is 11.4 Å². The summed E-state index contributed by atoms with van der Waals surface area (Å²) in [7, 11) is 0. The van der Waals surface area contributed by atoms with Gasteiger partial charge in [-0.05, 0) is 44.9 Å². The van der Waals surface area contributed by atoms with E-state index in [4.69, 9.17) is 4.84 Å². The number of rotatable bonds is 11. The minimum Gasteiger partial charge on any atom is -0.387 e. The number of unbranched alkanes of at least 4 members (excludes halogenated alkanes) is 1. The van der Waals surface area contributed by atoms with Crippen molar-refractivity contribution in [3.8, 4) is 0 Å². The van der Waals surface area contributed by atoms with Gasteiger partial charge < -0.3 is 14.7 Å². The summed E-state index contributed by atoms with van der Waals surface area (Å²) in [5.41, 5.74) is 2.97. The van der Waals surface area contributed by atoms with Gasteiger partial charge in [0.25, 0.3) is 0 Å². The predicted molar refractivity (Wildman–Crippen MR) is 127 cm³/mol. The lowest BCUT2D eigenvalue weighted by molar-refractivity contribution is -0.0511. The predicted octanol–water partition coefficient (Wildman–Crippen LogP) is 2.90. The summed E-state index contributed by atoms with van der Waals surface area (Å²) < 4.78 is 2.21. The van der Waals surface area contributed by atoms with Crippen LogP contribution >= 0.6 is 0 Å². The molecule has 1 aliphatic carbocycles. The van der Waals surface area contributed by atoms with Gasteiger partial charge in [-0.2, -0.15) is 5.06 Å². The third-order valence-electron chi connectivity index (χ3n) is 5.82. The molecule has 1 aromatic heterocycles. The van der Waals surface area contributed by atoms with Gasteiger partial charge in [-0.15, -0.1) is 0 Å². The molecule has 1 saturated heterocycles. The van der Waals surface area contributed by atoms with Gasteiger partial charge in [-0.3, -0.25) is 0 Å². The maximum Gasteiger partial charge on any atom is 0.125 e. The average molecular weight is 406 g/mol. The quantitative estimate of drug-likeness (QED) is 0.453. The highest BCUT2D eigenvalue weighted by Gasteiger charge is 2.21. The van der Waals surface area contributed by atoms with E-state index in [1.54, 1.807) is 5.06 Å². The number of hydrogen-bond donors (Lipinski definition) is 1. The van der Waals surface area contributed by atoms with E-state index >= 15 is 0 Å². The normalized spacial score (nSPS) is 15.4. The molecule has 160 valence electrons. The molecule has 0 radical (unpaired) electrons. The molecule has 0 bridgehead atoms. The van der Waals surface area contributed by atoms with Crippen LogP contribution in [0.5, 0.6) is 0 Å². The monoisotopic (exact) mass is 405 g/mol. The zero-order valence-corrected chi connectivity index (χ0v) is 18.3. The first-order valence-corrected chi connectivity index (χ1v) is 10.9.